The second-order valence-corrected chi connectivity index (χ2v) is 13.6. The molecule has 2 N–H and O–H groups in total. The van der Waals surface area contributed by atoms with Crippen LogP contribution in [0.2, 0.25) is 10.0 Å². The smallest absolute Gasteiger partial charge is 0.242 e. The van der Waals surface area contributed by atoms with Gasteiger partial charge in [-0.2, -0.15) is 0 Å². The number of aromatic amines is 1. The summed E-state index contributed by atoms with van der Waals surface area (Å²) in [6, 6.07) is 20.8. The number of nitrogens with zero attached hydrogens (tertiary/aromatic N) is 3. The molecule has 6 rings (SSSR count). The Morgan fingerprint density at radius 2 is 1.70 bits per heavy atom. The van der Waals surface area contributed by atoms with E-state index in [4.69, 9.17) is 23.2 Å². The van der Waals surface area contributed by atoms with Crippen LogP contribution in [-0.4, -0.2) is 80.7 Å². The van der Waals surface area contributed by atoms with E-state index in [-0.39, 0.29) is 24.8 Å². The monoisotopic (exact) mass is 636 g/mol. The third-order valence-corrected chi connectivity index (χ3v) is 10.4. The molecule has 2 atom stereocenters. The van der Waals surface area contributed by atoms with Crippen LogP contribution < -0.4 is 0 Å². The van der Waals surface area contributed by atoms with E-state index in [2.05, 4.69) is 9.88 Å². The van der Waals surface area contributed by atoms with Crippen molar-refractivity contribution >= 4 is 57.7 Å². The molecule has 3 aromatic carbocycles. The lowest BCUT2D eigenvalue weighted by atomic mass is 9.90. The van der Waals surface area contributed by atoms with Gasteiger partial charge >= 0.3 is 0 Å². The second-order valence-electron chi connectivity index (χ2n) is 11.3. The first kappa shape index (κ1) is 30.0. The standard InChI is InChI=1S/C33H34Cl2N4O3S/c1-22-2-9-26(10-3-22)43-33(32(42)38-14-12-37(13-15-38)16-17-40)19-30(41)39(21-23-4-6-24(34)7-5-23)31(33)28-20-36-29-18-25(35)8-11-27(28)29/h2-11,18,20,31,36,40H,12-17,19,21H2,1H3/t31-,33?/m0/s1. The number of carbonyl (C=O) groups is 2. The number of nitrogens with one attached hydrogen (secondary N) is 1. The lowest BCUT2D eigenvalue weighted by Gasteiger charge is -2.42. The molecule has 2 aliphatic heterocycles. The summed E-state index contributed by atoms with van der Waals surface area (Å²) in [5, 5.41) is 11.6. The Kier molecular flexibility index (Phi) is 8.76. The molecular weight excluding hydrogens is 603 g/mol. The highest BCUT2D eigenvalue weighted by Crippen LogP contribution is 2.55. The number of hydrogen-bond acceptors (Lipinski definition) is 5. The number of aliphatic hydroxyl groups excluding tert-OH is 1. The van der Waals surface area contributed by atoms with Crippen LogP contribution in [0.5, 0.6) is 0 Å². The van der Waals surface area contributed by atoms with Crippen LogP contribution in [0.15, 0.2) is 77.8 Å². The molecule has 3 heterocycles. The van der Waals surface area contributed by atoms with Gasteiger partial charge < -0.3 is 19.9 Å². The number of rotatable bonds is 8. The molecule has 0 spiro atoms. The molecule has 2 amide bonds. The van der Waals surface area contributed by atoms with Crippen molar-refractivity contribution in [2.24, 2.45) is 0 Å². The van der Waals surface area contributed by atoms with Crippen molar-refractivity contribution in [2.75, 3.05) is 39.3 Å². The van der Waals surface area contributed by atoms with E-state index in [0.717, 1.165) is 32.5 Å². The topological polar surface area (TPSA) is 79.9 Å². The van der Waals surface area contributed by atoms with Crippen molar-refractivity contribution in [1.29, 1.82) is 0 Å². The van der Waals surface area contributed by atoms with E-state index >= 15 is 0 Å². The molecule has 10 heteroatoms. The van der Waals surface area contributed by atoms with Gasteiger partial charge in [0.05, 0.1) is 19.1 Å². The van der Waals surface area contributed by atoms with Crippen molar-refractivity contribution < 1.29 is 14.7 Å². The molecule has 43 heavy (non-hydrogen) atoms. The van der Waals surface area contributed by atoms with Crippen molar-refractivity contribution in [3.63, 3.8) is 0 Å². The maximum Gasteiger partial charge on any atom is 0.242 e. The van der Waals surface area contributed by atoms with E-state index < -0.39 is 10.8 Å². The average Bonchev–Trinajstić information content (AvgIpc) is 3.53. The predicted octanol–water partition coefficient (Wildman–Crippen LogP) is 5.92. The molecular formula is C33H34Cl2N4O3S. The normalized spacial score (nSPS) is 21.2. The van der Waals surface area contributed by atoms with Crippen LogP contribution in [0.4, 0.5) is 0 Å². The number of aliphatic hydroxyl groups is 1. The Bertz CT molecular complexity index is 1620. The molecule has 2 fully saturated rings. The number of H-pyrrole nitrogens is 1. The molecule has 0 bridgehead atoms. The van der Waals surface area contributed by atoms with Gasteiger partial charge in [-0.1, -0.05) is 59.1 Å². The van der Waals surface area contributed by atoms with Crippen molar-refractivity contribution in [2.45, 2.75) is 35.6 Å². The van der Waals surface area contributed by atoms with Crippen LogP contribution >= 0.6 is 35.0 Å². The Hall–Kier alpha value is -3.01. The first-order chi connectivity index (χ1) is 20.8. The summed E-state index contributed by atoms with van der Waals surface area (Å²) in [7, 11) is 0. The molecule has 0 radical (unpaired) electrons. The van der Waals surface area contributed by atoms with E-state index in [1.165, 1.54) is 11.8 Å². The van der Waals surface area contributed by atoms with Gasteiger partial charge in [0.15, 0.2) is 0 Å². The van der Waals surface area contributed by atoms with E-state index in [9.17, 15) is 14.7 Å². The minimum absolute atomic E-state index is 0.0398. The van der Waals surface area contributed by atoms with Gasteiger partial charge in [-0.25, -0.2) is 0 Å². The average molecular weight is 638 g/mol. The van der Waals surface area contributed by atoms with Gasteiger partial charge in [0, 0.05) is 76.9 Å². The Morgan fingerprint density at radius 1 is 1.00 bits per heavy atom. The number of carbonyl (C=O) groups excluding carboxylic acids is 2. The summed E-state index contributed by atoms with van der Waals surface area (Å²) < 4.78 is -1.12. The molecule has 4 aromatic rings. The van der Waals surface area contributed by atoms with Crippen LogP contribution in [0, 0.1) is 6.92 Å². The van der Waals surface area contributed by atoms with Gasteiger partial charge in [-0.3, -0.25) is 14.5 Å². The number of halogens is 2. The number of piperazine rings is 1. The zero-order valence-corrected chi connectivity index (χ0v) is 26.3. The number of aromatic nitrogens is 1. The second kappa shape index (κ2) is 12.5. The lowest BCUT2D eigenvalue weighted by Crippen LogP contribution is -2.56. The van der Waals surface area contributed by atoms with E-state index in [1.807, 2.05) is 89.7 Å². The molecule has 1 unspecified atom stereocenters. The van der Waals surface area contributed by atoms with E-state index in [0.29, 0.717) is 49.3 Å². The van der Waals surface area contributed by atoms with Gasteiger partial charge in [0.1, 0.15) is 4.75 Å². The minimum atomic E-state index is -1.12. The van der Waals surface area contributed by atoms with Gasteiger partial charge in [0.2, 0.25) is 11.8 Å². The summed E-state index contributed by atoms with van der Waals surface area (Å²) in [4.78, 5) is 39.4. The van der Waals surface area contributed by atoms with Crippen LogP contribution in [-0.2, 0) is 16.1 Å². The first-order valence-corrected chi connectivity index (χ1v) is 16.0. The Morgan fingerprint density at radius 3 is 2.40 bits per heavy atom. The van der Waals surface area contributed by atoms with Crippen molar-refractivity contribution in [3.05, 3.63) is 99.7 Å². The van der Waals surface area contributed by atoms with Crippen LogP contribution in [0.3, 0.4) is 0 Å². The number of β-amino-alcohol motifs (C(OH)–C–C–N with tert-alkyl or cyclic N) is 1. The molecule has 1 aromatic heterocycles. The van der Waals surface area contributed by atoms with E-state index in [1.54, 1.807) is 0 Å². The number of hydrogen-bond donors (Lipinski definition) is 2. The molecule has 2 saturated heterocycles. The first-order valence-electron chi connectivity index (χ1n) is 14.5. The molecule has 224 valence electrons. The van der Waals surface area contributed by atoms with Gasteiger partial charge in [-0.05, 0) is 48.9 Å². The zero-order valence-electron chi connectivity index (χ0n) is 23.9. The molecule has 7 nitrogen and oxygen atoms in total. The fourth-order valence-electron chi connectivity index (χ4n) is 6.28. The van der Waals surface area contributed by atoms with Crippen LogP contribution in [0.25, 0.3) is 10.9 Å². The summed E-state index contributed by atoms with van der Waals surface area (Å²) >= 11 is 14.0. The summed E-state index contributed by atoms with van der Waals surface area (Å²) in [5.74, 6) is -0.114. The highest BCUT2D eigenvalue weighted by molar-refractivity contribution is 8.01. The van der Waals surface area contributed by atoms with Crippen molar-refractivity contribution in [1.82, 2.24) is 19.7 Å². The van der Waals surface area contributed by atoms with Gasteiger partial charge in [-0.15, -0.1) is 11.8 Å². The summed E-state index contributed by atoms with van der Waals surface area (Å²) in [5.41, 5.74) is 3.81. The zero-order chi connectivity index (χ0) is 30.1. The molecule has 0 aliphatic carbocycles. The van der Waals surface area contributed by atoms with Crippen LogP contribution in [0.1, 0.15) is 29.2 Å². The largest absolute Gasteiger partial charge is 0.395 e. The fraction of sp³-hybridized carbons (Fsp3) is 0.333. The van der Waals surface area contributed by atoms with Gasteiger partial charge in [0.25, 0.3) is 0 Å². The number of thioether (sulfide) groups is 1. The highest BCUT2D eigenvalue weighted by atomic mass is 35.5. The summed E-state index contributed by atoms with van der Waals surface area (Å²) in [6.45, 7) is 5.48. The maximum atomic E-state index is 15.0. The number of aryl methyl sites for hydroxylation is 1. The maximum absolute atomic E-state index is 15.0. The molecule has 2 aliphatic rings. The third-order valence-electron chi connectivity index (χ3n) is 8.48. The number of fused-ring (bicyclic) bond motifs is 1. The molecule has 0 saturated carbocycles. The Balaban J connectivity index is 1.48. The number of benzene rings is 3. The lowest BCUT2D eigenvalue weighted by molar-refractivity contribution is -0.136. The highest BCUT2D eigenvalue weighted by Gasteiger charge is 2.59. The number of likely N-dealkylation sites (tertiary alicyclic amines) is 1. The predicted molar refractivity (Wildman–Crippen MR) is 173 cm³/mol. The van der Waals surface area contributed by atoms with Crippen molar-refractivity contribution in [3.8, 4) is 0 Å². The summed E-state index contributed by atoms with van der Waals surface area (Å²) in [6.07, 6.45) is 2.00. The quantitative estimate of drug-likeness (QED) is 0.251. The minimum Gasteiger partial charge on any atom is -0.395 e. The third kappa shape index (κ3) is 6.04. The Labute approximate surface area is 265 Å². The number of amides is 2. The SMILES string of the molecule is Cc1ccc(SC2(C(=O)N3CCN(CCO)CC3)CC(=O)N(Cc3ccc(Cl)cc3)[C@H]2c2c[nH]c3cc(Cl)ccc23)cc1. The fourth-order valence-corrected chi connectivity index (χ4v) is 8.05.